The van der Waals surface area contributed by atoms with E-state index in [1.807, 2.05) is 84.7 Å². The third-order valence-corrected chi connectivity index (χ3v) is 7.27. The fraction of sp³-hybridized carbons (Fsp3) is 0.0303. The quantitative estimate of drug-likeness (QED) is 0.241. The molecular weight excluding hydrogens is 484 g/mol. The van der Waals surface area contributed by atoms with Crippen LogP contribution in [0.3, 0.4) is 0 Å². The molecule has 4 heterocycles. The Kier molecular flexibility index (Phi) is 4.63. The molecule has 0 bridgehead atoms. The smallest absolute Gasteiger partial charge is 0.139 e. The molecule has 186 valence electrons. The first-order valence-electron chi connectivity index (χ1n) is 12.8. The van der Waals surface area contributed by atoms with Crippen molar-refractivity contribution in [3.8, 4) is 28.7 Å². The van der Waals surface area contributed by atoms with Gasteiger partial charge in [0.05, 0.1) is 16.4 Å². The summed E-state index contributed by atoms with van der Waals surface area (Å²) < 4.78 is 16.9. The highest BCUT2D eigenvalue weighted by Gasteiger charge is 2.20. The van der Waals surface area contributed by atoms with Crippen molar-refractivity contribution in [2.75, 3.05) is 0 Å². The minimum Gasteiger partial charge on any atom is -0.457 e. The van der Waals surface area contributed by atoms with E-state index in [0.29, 0.717) is 0 Å². The molecule has 0 aliphatic rings. The van der Waals surface area contributed by atoms with E-state index < -0.39 is 0 Å². The normalized spacial score (nSPS) is 11.7. The van der Waals surface area contributed by atoms with Gasteiger partial charge in [-0.25, -0.2) is 9.97 Å². The van der Waals surface area contributed by atoms with E-state index in [0.717, 1.165) is 72.4 Å². The number of furan rings is 1. The number of imidazole rings is 1. The van der Waals surface area contributed by atoms with Crippen LogP contribution in [0.1, 0.15) is 0 Å². The predicted molar refractivity (Wildman–Crippen MR) is 155 cm³/mol. The van der Waals surface area contributed by atoms with E-state index >= 15 is 0 Å². The predicted octanol–water partition coefficient (Wildman–Crippen LogP) is 8.27. The zero-order valence-corrected chi connectivity index (χ0v) is 21.1. The zero-order chi connectivity index (χ0) is 25.9. The molecule has 6 heteroatoms. The van der Waals surface area contributed by atoms with Gasteiger partial charge < -0.3 is 13.7 Å². The minimum absolute atomic E-state index is 0.743. The zero-order valence-electron chi connectivity index (χ0n) is 21.1. The third-order valence-electron chi connectivity index (χ3n) is 7.27. The van der Waals surface area contributed by atoms with E-state index in [4.69, 9.17) is 14.1 Å². The first-order valence-corrected chi connectivity index (χ1v) is 12.8. The van der Waals surface area contributed by atoms with E-state index in [9.17, 15) is 0 Å². The second kappa shape index (κ2) is 8.33. The van der Waals surface area contributed by atoms with Crippen LogP contribution in [0.25, 0.3) is 61.0 Å². The molecule has 0 atom stereocenters. The average Bonchev–Trinajstić information content (AvgIpc) is 3.66. The Morgan fingerprint density at radius 1 is 0.692 bits per heavy atom. The maximum absolute atomic E-state index is 6.41. The van der Waals surface area contributed by atoms with Crippen molar-refractivity contribution < 1.29 is 9.15 Å². The summed E-state index contributed by atoms with van der Waals surface area (Å²) in [6.45, 7) is 0. The topological polar surface area (TPSA) is 58.0 Å². The third kappa shape index (κ3) is 3.35. The van der Waals surface area contributed by atoms with Crippen LogP contribution in [-0.4, -0.2) is 19.1 Å². The molecule has 8 rings (SSSR count). The molecule has 0 saturated heterocycles. The van der Waals surface area contributed by atoms with Crippen molar-refractivity contribution >= 4 is 43.7 Å². The molecule has 0 unspecified atom stereocenters. The first kappa shape index (κ1) is 21.7. The molecule has 0 spiro atoms. The molecule has 0 aliphatic heterocycles. The highest BCUT2D eigenvalue weighted by molar-refractivity contribution is 6.24. The van der Waals surface area contributed by atoms with E-state index in [-0.39, 0.29) is 0 Å². The van der Waals surface area contributed by atoms with Crippen molar-refractivity contribution in [2.45, 2.75) is 0 Å². The molecule has 0 aliphatic carbocycles. The Balaban J connectivity index is 1.36. The van der Waals surface area contributed by atoms with Gasteiger partial charge in [-0.3, -0.25) is 4.57 Å². The Morgan fingerprint density at radius 3 is 2.44 bits per heavy atom. The molecule has 0 amide bonds. The monoisotopic (exact) mass is 506 g/mol. The lowest BCUT2D eigenvalue weighted by molar-refractivity contribution is 0.483. The number of ether oxygens (including phenoxy) is 1. The average molecular weight is 507 g/mol. The molecule has 39 heavy (non-hydrogen) atoms. The van der Waals surface area contributed by atoms with Gasteiger partial charge in [0.2, 0.25) is 0 Å². The summed E-state index contributed by atoms with van der Waals surface area (Å²) >= 11 is 0. The van der Waals surface area contributed by atoms with Gasteiger partial charge in [0, 0.05) is 53.4 Å². The summed E-state index contributed by atoms with van der Waals surface area (Å²) in [5.41, 5.74) is 4.80. The van der Waals surface area contributed by atoms with Crippen LogP contribution in [0.15, 0.2) is 120 Å². The lowest BCUT2D eigenvalue weighted by atomic mass is 10.1. The van der Waals surface area contributed by atoms with Crippen molar-refractivity contribution in [1.82, 2.24) is 19.1 Å². The molecule has 8 aromatic rings. The molecule has 4 aromatic heterocycles. The number of aromatic nitrogens is 4. The number of hydrogen-bond acceptors (Lipinski definition) is 4. The molecular formula is C33H22N4O2. The number of para-hydroxylation sites is 1. The highest BCUT2D eigenvalue weighted by Crippen LogP contribution is 2.41. The largest absolute Gasteiger partial charge is 0.457 e. The Hall–Kier alpha value is -5.36. The number of hydrogen-bond donors (Lipinski definition) is 0. The van der Waals surface area contributed by atoms with Crippen LogP contribution < -0.4 is 4.74 Å². The number of nitrogens with zero attached hydrogens (tertiary/aromatic N) is 4. The van der Waals surface area contributed by atoms with Gasteiger partial charge in [0.15, 0.2) is 0 Å². The van der Waals surface area contributed by atoms with Crippen molar-refractivity contribution in [1.29, 1.82) is 0 Å². The summed E-state index contributed by atoms with van der Waals surface area (Å²) in [5.74, 6) is 3.22. The number of rotatable bonds is 4. The highest BCUT2D eigenvalue weighted by atomic mass is 16.5. The Morgan fingerprint density at radius 2 is 1.56 bits per heavy atom. The summed E-state index contributed by atoms with van der Waals surface area (Å²) in [5, 5.41) is 4.42. The lowest BCUT2D eigenvalue weighted by Crippen LogP contribution is -1.97. The number of fused-ring (bicyclic) bond motifs is 7. The fourth-order valence-corrected chi connectivity index (χ4v) is 5.56. The van der Waals surface area contributed by atoms with Gasteiger partial charge >= 0.3 is 0 Å². The van der Waals surface area contributed by atoms with Crippen LogP contribution >= 0.6 is 0 Å². The van der Waals surface area contributed by atoms with Gasteiger partial charge in [0.1, 0.15) is 34.3 Å². The lowest BCUT2D eigenvalue weighted by Gasteiger charge is -2.10. The first-order chi connectivity index (χ1) is 19.2. The van der Waals surface area contributed by atoms with Crippen molar-refractivity contribution in [3.63, 3.8) is 0 Å². The molecule has 0 fully saturated rings. The number of pyridine rings is 1. The van der Waals surface area contributed by atoms with Gasteiger partial charge in [-0.2, -0.15) is 0 Å². The molecule has 6 nitrogen and oxygen atoms in total. The van der Waals surface area contributed by atoms with Gasteiger partial charge in [-0.05, 0) is 54.6 Å². The summed E-state index contributed by atoms with van der Waals surface area (Å²) in [7, 11) is 1.99. The number of aryl methyl sites for hydroxylation is 1. The van der Waals surface area contributed by atoms with Crippen LogP contribution in [0.5, 0.6) is 11.5 Å². The number of benzene rings is 4. The summed E-state index contributed by atoms with van der Waals surface area (Å²) in [6.07, 6.45) is 5.56. The second-order valence-corrected chi connectivity index (χ2v) is 9.63. The minimum atomic E-state index is 0.743. The maximum atomic E-state index is 6.41. The van der Waals surface area contributed by atoms with Gasteiger partial charge in [0.25, 0.3) is 0 Å². The van der Waals surface area contributed by atoms with E-state index in [1.165, 1.54) is 0 Å². The maximum Gasteiger partial charge on any atom is 0.139 e. The van der Waals surface area contributed by atoms with Gasteiger partial charge in [-0.15, -0.1) is 0 Å². The Labute approximate surface area is 223 Å². The van der Waals surface area contributed by atoms with Crippen LogP contribution in [0.4, 0.5) is 0 Å². The molecule has 0 radical (unpaired) electrons. The van der Waals surface area contributed by atoms with Crippen molar-refractivity contribution in [3.05, 3.63) is 116 Å². The van der Waals surface area contributed by atoms with Crippen LogP contribution in [0.2, 0.25) is 0 Å². The summed E-state index contributed by atoms with van der Waals surface area (Å²) in [6, 6.07) is 32.6. The van der Waals surface area contributed by atoms with E-state index in [2.05, 4.69) is 45.9 Å². The van der Waals surface area contributed by atoms with Crippen molar-refractivity contribution in [2.24, 2.45) is 7.05 Å². The van der Waals surface area contributed by atoms with Crippen LogP contribution in [0, 0.1) is 0 Å². The molecule has 4 aromatic carbocycles. The van der Waals surface area contributed by atoms with Crippen LogP contribution in [-0.2, 0) is 7.05 Å². The molecule has 0 N–H and O–H groups in total. The second-order valence-electron chi connectivity index (χ2n) is 9.63. The van der Waals surface area contributed by atoms with Gasteiger partial charge in [-0.1, -0.05) is 36.4 Å². The van der Waals surface area contributed by atoms with E-state index in [1.54, 1.807) is 6.20 Å². The fourth-order valence-electron chi connectivity index (χ4n) is 5.56. The molecule has 0 saturated carbocycles. The Bertz CT molecular complexity index is 2170. The summed E-state index contributed by atoms with van der Waals surface area (Å²) in [4.78, 5) is 9.21. The standard InChI is InChI=1S/C33H22N4O2/c1-36-18-17-35-33(36)21-7-6-8-22(19-21)38-23-12-13-24-25-14-15-29-31(26-9-2-3-10-28(26)39-29)32(25)37(27(24)20-23)30-11-4-5-16-34-30/h2-20H,1H3. The SMILES string of the molecule is Cn1ccnc1-c1cccc(Oc2ccc3c4ccc5oc6ccccc6c5c4n(-c4ccccn4)c3c2)c1.